The molecular formula is C13H13NO3S. The van der Waals surface area contributed by atoms with Gasteiger partial charge in [0.1, 0.15) is 16.3 Å². The van der Waals surface area contributed by atoms with Gasteiger partial charge in [-0.15, -0.1) is 11.3 Å². The first-order valence-electron chi connectivity index (χ1n) is 5.52. The molecular weight excluding hydrogens is 250 g/mol. The van der Waals surface area contributed by atoms with Gasteiger partial charge in [0.2, 0.25) is 0 Å². The lowest BCUT2D eigenvalue weighted by atomic mass is 10.2. The highest BCUT2D eigenvalue weighted by Crippen LogP contribution is 2.35. The van der Waals surface area contributed by atoms with Crippen molar-refractivity contribution in [1.29, 1.82) is 0 Å². The number of carbonyl (C=O) groups is 1. The first-order chi connectivity index (χ1) is 8.72. The number of hydrogen-bond donors (Lipinski definition) is 2. The lowest BCUT2D eigenvalue weighted by Gasteiger charge is -2.07. The van der Waals surface area contributed by atoms with Crippen molar-refractivity contribution in [1.82, 2.24) is 0 Å². The van der Waals surface area contributed by atoms with Crippen molar-refractivity contribution in [2.75, 3.05) is 11.9 Å². The largest absolute Gasteiger partial charge is 0.506 e. The predicted octanol–water partition coefficient (Wildman–Crippen LogP) is 3.37. The molecule has 0 atom stereocenters. The molecule has 0 radical (unpaired) electrons. The molecule has 1 heterocycles. The molecule has 2 aromatic rings. The van der Waals surface area contributed by atoms with Gasteiger partial charge in [-0.2, -0.15) is 0 Å². The van der Waals surface area contributed by atoms with E-state index in [-0.39, 0.29) is 17.9 Å². The number of aromatic hydroxyl groups is 1. The fourth-order valence-corrected chi connectivity index (χ4v) is 2.32. The first kappa shape index (κ1) is 12.4. The average molecular weight is 263 g/mol. The topological polar surface area (TPSA) is 58.6 Å². The molecule has 1 aromatic heterocycles. The van der Waals surface area contributed by atoms with E-state index in [1.165, 1.54) is 16.7 Å². The molecule has 2 N–H and O–H groups in total. The molecule has 1 aromatic carbocycles. The number of benzene rings is 1. The van der Waals surface area contributed by atoms with Gasteiger partial charge < -0.3 is 15.2 Å². The molecule has 0 aliphatic rings. The van der Waals surface area contributed by atoms with E-state index in [0.29, 0.717) is 5.00 Å². The molecule has 18 heavy (non-hydrogen) atoms. The molecule has 5 heteroatoms. The van der Waals surface area contributed by atoms with Crippen LogP contribution in [0.2, 0.25) is 0 Å². The third kappa shape index (κ3) is 2.62. The second-order valence-electron chi connectivity index (χ2n) is 3.54. The Labute approximate surface area is 109 Å². The molecule has 0 spiro atoms. The summed E-state index contributed by atoms with van der Waals surface area (Å²) >= 11 is 1.26. The Hall–Kier alpha value is -2.01. The molecule has 0 amide bonds. The Balaban J connectivity index is 2.26. The Morgan fingerprint density at radius 3 is 2.78 bits per heavy atom. The molecule has 0 saturated heterocycles. The number of hydrogen-bond acceptors (Lipinski definition) is 5. The van der Waals surface area contributed by atoms with Crippen LogP contribution < -0.4 is 5.32 Å². The predicted molar refractivity (Wildman–Crippen MR) is 71.7 cm³/mol. The summed E-state index contributed by atoms with van der Waals surface area (Å²) in [5.41, 5.74) is 1.04. The molecule has 0 unspecified atom stereocenters. The first-order valence-corrected chi connectivity index (χ1v) is 6.40. The molecule has 0 aliphatic heterocycles. The highest BCUT2D eigenvalue weighted by Gasteiger charge is 2.20. The fraction of sp³-hybridized carbons (Fsp3) is 0.154. The van der Waals surface area contributed by atoms with Crippen molar-refractivity contribution in [2.24, 2.45) is 0 Å². The summed E-state index contributed by atoms with van der Waals surface area (Å²) in [6.45, 7) is 2.00. The zero-order valence-corrected chi connectivity index (χ0v) is 10.7. The van der Waals surface area contributed by atoms with E-state index < -0.39 is 5.97 Å². The molecule has 4 nitrogen and oxygen atoms in total. The third-order valence-electron chi connectivity index (χ3n) is 2.28. The smallest absolute Gasteiger partial charge is 0.344 e. The molecule has 94 valence electrons. The Morgan fingerprint density at radius 2 is 2.11 bits per heavy atom. The van der Waals surface area contributed by atoms with E-state index in [4.69, 9.17) is 4.74 Å². The van der Waals surface area contributed by atoms with E-state index in [0.717, 1.165) is 5.69 Å². The summed E-state index contributed by atoms with van der Waals surface area (Å²) in [7, 11) is 0. The van der Waals surface area contributed by atoms with Gasteiger partial charge in [0.25, 0.3) is 0 Å². The van der Waals surface area contributed by atoms with Gasteiger partial charge in [-0.05, 0) is 19.1 Å². The van der Waals surface area contributed by atoms with Crippen molar-refractivity contribution in [3.63, 3.8) is 0 Å². The number of thiophene rings is 1. The zero-order valence-electron chi connectivity index (χ0n) is 9.84. The minimum Gasteiger partial charge on any atom is -0.506 e. The molecule has 0 fully saturated rings. The normalized spacial score (nSPS) is 10.1. The van der Waals surface area contributed by atoms with Gasteiger partial charge in [-0.1, -0.05) is 18.2 Å². The van der Waals surface area contributed by atoms with Crippen molar-refractivity contribution in [3.8, 4) is 5.75 Å². The van der Waals surface area contributed by atoms with Crippen LogP contribution in [0.15, 0.2) is 35.7 Å². The Bertz CT molecular complexity index is 536. The lowest BCUT2D eigenvalue weighted by Crippen LogP contribution is -2.06. The van der Waals surface area contributed by atoms with E-state index in [1.54, 1.807) is 6.92 Å². The number of anilines is 2. The van der Waals surface area contributed by atoms with Crippen LogP contribution in [-0.2, 0) is 4.74 Å². The maximum atomic E-state index is 11.7. The number of para-hydroxylation sites is 1. The minimum absolute atomic E-state index is 0.0584. The summed E-state index contributed by atoms with van der Waals surface area (Å²) in [4.78, 5) is 11.7. The minimum atomic E-state index is -0.519. The van der Waals surface area contributed by atoms with Gasteiger partial charge in [0, 0.05) is 11.1 Å². The number of ether oxygens (including phenoxy) is 1. The number of esters is 1. The summed E-state index contributed by atoms with van der Waals surface area (Å²) in [6.07, 6.45) is 0. The van der Waals surface area contributed by atoms with Crippen LogP contribution in [0.3, 0.4) is 0 Å². The SMILES string of the molecule is CCOC(=O)c1c(O)csc1Nc1ccccc1. The molecule has 0 saturated carbocycles. The van der Waals surface area contributed by atoms with Crippen LogP contribution in [0.4, 0.5) is 10.7 Å². The average Bonchev–Trinajstić information content (AvgIpc) is 2.72. The van der Waals surface area contributed by atoms with Crippen molar-refractivity contribution in [3.05, 3.63) is 41.3 Å². The van der Waals surface area contributed by atoms with Crippen molar-refractivity contribution >= 4 is 28.0 Å². The van der Waals surface area contributed by atoms with Gasteiger partial charge in [0.05, 0.1) is 6.61 Å². The monoisotopic (exact) mass is 263 g/mol. The fourth-order valence-electron chi connectivity index (χ4n) is 1.49. The van der Waals surface area contributed by atoms with Crippen molar-refractivity contribution < 1.29 is 14.6 Å². The number of carbonyl (C=O) groups excluding carboxylic acids is 1. The second kappa shape index (κ2) is 5.55. The standard InChI is InChI=1S/C13H13NO3S/c1-2-17-13(16)11-10(15)8-18-12(11)14-9-6-4-3-5-7-9/h3-8,14-15H,2H2,1H3. The highest BCUT2D eigenvalue weighted by molar-refractivity contribution is 7.15. The maximum Gasteiger partial charge on any atom is 0.344 e. The summed E-state index contributed by atoms with van der Waals surface area (Å²) in [5.74, 6) is -0.577. The van der Waals surface area contributed by atoms with Crippen LogP contribution in [-0.4, -0.2) is 17.7 Å². The van der Waals surface area contributed by atoms with Crippen LogP contribution in [0.5, 0.6) is 5.75 Å². The van der Waals surface area contributed by atoms with Crippen LogP contribution in [0.25, 0.3) is 0 Å². The highest BCUT2D eigenvalue weighted by atomic mass is 32.1. The van der Waals surface area contributed by atoms with E-state index >= 15 is 0 Å². The quantitative estimate of drug-likeness (QED) is 0.830. The molecule has 0 bridgehead atoms. The van der Waals surface area contributed by atoms with Gasteiger partial charge in [-0.25, -0.2) is 4.79 Å². The summed E-state index contributed by atoms with van der Waals surface area (Å²) < 4.78 is 4.91. The van der Waals surface area contributed by atoms with Crippen LogP contribution in [0.1, 0.15) is 17.3 Å². The number of nitrogens with one attached hydrogen (secondary N) is 1. The van der Waals surface area contributed by atoms with E-state index in [2.05, 4.69) is 5.32 Å². The second-order valence-corrected chi connectivity index (χ2v) is 4.42. The summed E-state index contributed by atoms with van der Waals surface area (Å²) in [5, 5.41) is 14.9. The van der Waals surface area contributed by atoms with Gasteiger partial charge in [-0.3, -0.25) is 0 Å². The summed E-state index contributed by atoms with van der Waals surface area (Å²) in [6, 6.07) is 9.44. The van der Waals surface area contributed by atoms with Crippen LogP contribution in [0, 0.1) is 0 Å². The molecule has 0 aliphatic carbocycles. The molecule has 2 rings (SSSR count). The Kier molecular flexibility index (Phi) is 3.84. The van der Waals surface area contributed by atoms with Gasteiger partial charge >= 0.3 is 5.97 Å². The van der Waals surface area contributed by atoms with E-state index in [9.17, 15) is 9.90 Å². The third-order valence-corrected chi connectivity index (χ3v) is 3.17. The Morgan fingerprint density at radius 1 is 1.39 bits per heavy atom. The zero-order chi connectivity index (χ0) is 13.0. The number of rotatable bonds is 4. The van der Waals surface area contributed by atoms with Crippen LogP contribution >= 0.6 is 11.3 Å². The van der Waals surface area contributed by atoms with Crippen molar-refractivity contribution in [2.45, 2.75) is 6.92 Å². The van der Waals surface area contributed by atoms with Gasteiger partial charge in [0.15, 0.2) is 0 Å². The lowest BCUT2D eigenvalue weighted by molar-refractivity contribution is 0.0525. The van der Waals surface area contributed by atoms with E-state index in [1.807, 2.05) is 30.3 Å². The maximum absolute atomic E-state index is 11.7.